The second kappa shape index (κ2) is 11.0. The summed E-state index contributed by atoms with van der Waals surface area (Å²) in [4.78, 5) is 2.09. The molecule has 0 aliphatic rings. The molecule has 0 bridgehead atoms. The van der Waals surface area contributed by atoms with E-state index in [0.717, 1.165) is 50.0 Å². The van der Waals surface area contributed by atoms with Gasteiger partial charge in [-0.1, -0.05) is 84.9 Å². The molecule has 8 rings (SSSR count). The van der Waals surface area contributed by atoms with E-state index in [1.54, 1.807) is 0 Å². The van der Waals surface area contributed by atoms with Crippen molar-refractivity contribution in [1.29, 1.82) is 0 Å². The van der Waals surface area contributed by atoms with Crippen molar-refractivity contribution in [3.63, 3.8) is 0 Å². The molecule has 4 nitrogen and oxygen atoms in total. The van der Waals surface area contributed by atoms with Crippen molar-refractivity contribution in [3.8, 4) is 16.9 Å². The van der Waals surface area contributed by atoms with Crippen LogP contribution in [-0.2, 0) is 12.0 Å². The summed E-state index contributed by atoms with van der Waals surface area (Å²) in [5.74, 6) is 0.227. The van der Waals surface area contributed by atoms with Crippen LogP contribution < -0.4 is 4.90 Å². The Hall–Kier alpha value is -5.74. The number of phenols is 1. The SMILES string of the molecule is C=CCc1cccc(N(c2ccc(-c3ccc4c(c3)c3ccccc3n4C(C)(C)C)cc2)c2cccc3c2oc2ccccc23)c1O. The molecule has 0 spiro atoms. The Morgan fingerprint density at radius 2 is 1.34 bits per heavy atom. The summed E-state index contributed by atoms with van der Waals surface area (Å²) in [7, 11) is 0. The van der Waals surface area contributed by atoms with Gasteiger partial charge in [0.1, 0.15) is 11.3 Å². The van der Waals surface area contributed by atoms with E-state index in [9.17, 15) is 5.11 Å². The first-order valence-electron chi connectivity index (χ1n) is 16.1. The quantitative estimate of drug-likeness (QED) is 0.190. The summed E-state index contributed by atoms with van der Waals surface area (Å²) < 4.78 is 8.92. The number of anilines is 3. The van der Waals surface area contributed by atoms with E-state index >= 15 is 0 Å². The summed E-state index contributed by atoms with van der Waals surface area (Å²) in [6, 6.07) is 44.2. The lowest BCUT2D eigenvalue weighted by atomic mass is 10.0. The number of hydrogen-bond acceptors (Lipinski definition) is 3. The number of aromatic nitrogens is 1. The van der Waals surface area contributed by atoms with Gasteiger partial charge in [-0.2, -0.15) is 0 Å². The van der Waals surface area contributed by atoms with Crippen molar-refractivity contribution in [2.45, 2.75) is 32.7 Å². The Morgan fingerprint density at radius 3 is 2.13 bits per heavy atom. The highest BCUT2D eigenvalue weighted by molar-refractivity contribution is 6.11. The predicted molar refractivity (Wildman–Crippen MR) is 197 cm³/mol. The van der Waals surface area contributed by atoms with Gasteiger partial charge in [0.2, 0.25) is 0 Å². The number of hydrogen-bond donors (Lipinski definition) is 1. The molecule has 230 valence electrons. The molecule has 0 aliphatic carbocycles. The van der Waals surface area contributed by atoms with Crippen molar-refractivity contribution >= 4 is 60.8 Å². The highest BCUT2D eigenvalue weighted by atomic mass is 16.3. The van der Waals surface area contributed by atoms with Gasteiger partial charge in [0.15, 0.2) is 5.58 Å². The monoisotopic (exact) mass is 612 g/mol. The van der Waals surface area contributed by atoms with Gasteiger partial charge in [0.25, 0.3) is 0 Å². The van der Waals surface area contributed by atoms with Crippen LogP contribution in [0.1, 0.15) is 26.3 Å². The number of furan rings is 1. The summed E-state index contributed by atoms with van der Waals surface area (Å²) in [6.45, 7) is 10.7. The second-order valence-electron chi connectivity index (χ2n) is 13.2. The number of allylic oxidation sites excluding steroid dienone is 1. The topological polar surface area (TPSA) is 41.5 Å². The molecule has 0 fully saturated rings. The fourth-order valence-corrected chi connectivity index (χ4v) is 7.07. The maximum atomic E-state index is 11.6. The molecule has 0 aliphatic heterocycles. The normalized spacial score (nSPS) is 12.0. The molecule has 0 saturated carbocycles. The van der Waals surface area contributed by atoms with Crippen LogP contribution >= 0.6 is 0 Å². The molecule has 0 saturated heterocycles. The third-order valence-corrected chi connectivity index (χ3v) is 9.13. The lowest BCUT2D eigenvalue weighted by Gasteiger charge is -2.27. The molecule has 6 aromatic carbocycles. The van der Waals surface area contributed by atoms with E-state index in [1.165, 1.54) is 21.8 Å². The average Bonchev–Trinajstić information content (AvgIpc) is 3.63. The third kappa shape index (κ3) is 4.68. The van der Waals surface area contributed by atoms with Crippen LogP contribution in [0.15, 0.2) is 144 Å². The van der Waals surface area contributed by atoms with E-state index in [2.05, 4.69) is 128 Å². The van der Waals surface area contributed by atoms with Crippen LogP contribution in [0.3, 0.4) is 0 Å². The van der Waals surface area contributed by atoms with Crippen LogP contribution in [-0.4, -0.2) is 9.67 Å². The number of benzene rings is 6. The maximum absolute atomic E-state index is 11.6. The smallest absolute Gasteiger partial charge is 0.159 e. The number of para-hydroxylation sites is 4. The van der Waals surface area contributed by atoms with E-state index in [-0.39, 0.29) is 11.3 Å². The van der Waals surface area contributed by atoms with Crippen molar-refractivity contribution in [3.05, 3.63) is 146 Å². The van der Waals surface area contributed by atoms with Gasteiger partial charge in [0.05, 0.1) is 11.4 Å². The predicted octanol–water partition coefficient (Wildman–Crippen LogP) is 12.0. The van der Waals surface area contributed by atoms with E-state index < -0.39 is 0 Å². The molecular formula is C43H36N2O2. The minimum absolute atomic E-state index is 0.0504. The molecule has 0 radical (unpaired) electrons. The Balaban J connectivity index is 1.29. The van der Waals surface area contributed by atoms with Crippen LogP contribution in [0.5, 0.6) is 5.75 Å². The number of phenolic OH excluding ortho intramolecular Hbond substituents is 1. The van der Waals surface area contributed by atoms with E-state index in [0.29, 0.717) is 12.1 Å². The second-order valence-corrected chi connectivity index (χ2v) is 13.2. The molecule has 47 heavy (non-hydrogen) atoms. The van der Waals surface area contributed by atoms with Crippen molar-refractivity contribution in [1.82, 2.24) is 4.57 Å². The molecule has 1 N–H and O–H groups in total. The Morgan fingerprint density at radius 1 is 0.681 bits per heavy atom. The number of nitrogens with zero attached hydrogens (tertiary/aromatic N) is 2. The van der Waals surface area contributed by atoms with Gasteiger partial charge >= 0.3 is 0 Å². The zero-order valence-electron chi connectivity index (χ0n) is 26.9. The molecule has 0 unspecified atom stereocenters. The Kier molecular flexibility index (Phi) is 6.69. The molecule has 0 atom stereocenters. The van der Waals surface area contributed by atoms with Gasteiger partial charge < -0.3 is 19.0 Å². The highest BCUT2D eigenvalue weighted by Gasteiger charge is 2.23. The minimum Gasteiger partial charge on any atom is -0.505 e. The van der Waals surface area contributed by atoms with Crippen molar-refractivity contribution < 1.29 is 9.52 Å². The van der Waals surface area contributed by atoms with Gasteiger partial charge in [-0.05, 0) is 92.4 Å². The number of rotatable bonds is 6. The van der Waals surface area contributed by atoms with Gasteiger partial charge in [0, 0.05) is 43.8 Å². The van der Waals surface area contributed by atoms with Crippen LogP contribution in [0.2, 0.25) is 0 Å². The number of fused-ring (bicyclic) bond motifs is 6. The summed E-state index contributed by atoms with van der Waals surface area (Å²) in [5.41, 5.74) is 9.58. The molecular weight excluding hydrogens is 576 g/mol. The fourth-order valence-electron chi connectivity index (χ4n) is 7.07. The number of aromatic hydroxyl groups is 1. The molecule has 0 amide bonds. The zero-order valence-corrected chi connectivity index (χ0v) is 26.9. The van der Waals surface area contributed by atoms with Crippen molar-refractivity contribution in [2.75, 3.05) is 4.90 Å². The summed E-state index contributed by atoms with van der Waals surface area (Å²) in [5, 5.41) is 16.2. The largest absolute Gasteiger partial charge is 0.505 e. The first kappa shape index (κ1) is 28.7. The first-order chi connectivity index (χ1) is 22.8. The van der Waals surface area contributed by atoms with E-state index in [4.69, 9.17) is 4.42 Å². The lowest BCUT2D eigenvalue weighted by molar-refractivity contribution is 0.423. The van der Waals surface area contributed by atoms with E-state index in [1.807, 2.05) is 42.5 Å². The molecule has 8 aromatic rings. The van der Waals surface area contributed by atoms with Crippen molar-refractivity contribution in [2.24, 2.45) is 0 Å². The lowest BCUT2D eigenvalue weighted by Crippen LogP contribution is -2.21. The Bertz CT molecular complexity index is 2460. The zero-order chi connectivity index (χ0) is 32.3. The average molecular weight is 613 g/mol. The first-order valence-corrected chi connectivity index (χ1v) is 16.1. The highest BCUT2D eigenvalue weighted by Crippen LogP contribution is 2.46. The fraction of sp³-hybridized carbons (Fsp3) is 0.116. The van der Waals surface area contributed by atoms with Gasteiger partial charge in [-0.15, -0.1) is 6.58 Å². The third-order valence-electron chi connectivity index (χ3n) is 9.13. The van der Waals surface area contributed by atoms with Crippen LogP contribution in [0.4, 0.5) is 17.1 Å². The van der Waals surface area contributed by atoms with Gasteiger partial charge in [-0.25, -0.2) is 0 Å². The molecule has 2 aromatic heterocycles. The molecule has 2 heterocycles. The molecule has 4 heteroatoms. The maximum Gasteiger partial charge on any atom is 0.159 e. The van der Waals surface area contributed by atoms with Crippen LogP contribution in [0, 0.1) is 0 Å². The van der Waals surface area contributed by atoms with Crippen LogP contribution in [0.25, 0.3) is 54.9 Å². The summed E-state index contributed by atoms with van der Waals surface area (Å²) >= 11 is 0. The van der Waals surface area contributed by atoms with Gasteiger partial charge in [-0.3, -0.25) is 0 Å². The standard InChI is InChI=1S/C43H36N2O2/c1-5-12-29-13-10-18-38(41(29)46)44(39-19-11-16-34-33-15-7-9-20-40(33)47-42(34)39)31-24-21-28(22-25-31)30-23-26-37-35(27-30)32-14-6-8-17-36(32)45(37)43(2,3)4/h5-11,13-27,46H,1,12H2,2-4H3. The summed E-state index contributed by atoms with van der Waals surface area (Å²) in [6.07, 6.45) is 2.38. The Labute approximate surface area is 274 Å². The minimum atomic E-state index is -0.0504.